The number of carbonyl (C=O) groups is 1. The smallest absolute Gasteiger partial charge is 0.224 e. The third-order valence-electron chi connectivity index (χ3n) is 7.93. The number of piperidine rings is 2. The quantitative estimate of drug-likeness (QED) is 0.528. The highest BCUT2D eigenvalue weighted by Gasteiger charge is 2.30. The van der Waals surface area contributed by atoms with Gasteiger partial charge in [-0.1, -0.05) is 39.0 Å². The standard InChI is InChI=1S/C27H46N6O/c1-2-3-4-7-12-26(34)32-20-14-24(15-21-32)33-19-10-11-23(22-33)29-27-28-16-13-25(30-27)31-17-8-5-6-9-18-31/h13,16,23-24H,2-12,14-15,17-22H2,1H3,(H,28,29,30). The number of rotatable bonds is 9. The lowest BCUT2D eigenvalue weighted by Crippen LogP contribution is -2.51. The molecule has 3 saturated heterocycles. The van der Waals surface area contributed by atoms with Crippen LogP contribution in [-0.4, -0.2) is 77.0 Å². The Bertz CT molecular complexity index is 742. The summed E-state index contributed by atoms with van der Waals surface area (Å²) in [4.78, 5) is 29.2. The number of carbonyl (C=O) groups excluding carboxylic acids is 1. The highest BCUT2D eigenvalue weighted by Crippen LogP contribution is 2.24. The fraction of sp³-hybridized carbons (Fsp3) is 0.815. The number of aromatic nitrogens is 2. The van der Waals surface area contributed by atoms with Crippen molar-refractivity contribution in [3.05, 3.63) is 12.3 Å². The minimum Gasteiger partial charge on any atom is -0.356 e. The minimum atomic E-state index is 0.370. The molecule has 7 nitrogen and oxygen atoms in total. The van der Waals surface area contributed by atoms with Gasteiger partial charge < -0.3 is 15.1 Å². The lowest BCUT2D eigenvalue weighted by molar-refractivity contribution is -0.133. The lowest BCUT2D eigenvalue weighted by Gasteiger charge is -2.42. The maximum absolute atomic E-state index is 12.5. The molecule has 1 atom stereocenters. The van der Waals surface area contributed by atoms with Crippen LogP contribution in [0.2, 0.25) is 0 Å². The van der Waals surface area contributed by atoms with Crippen LogP contribution in [0, 0.1) is 0 Å². The highest BCUT2D eigenvalue weighted by molar-refractivity contribution is 5.76. The van der Waals surface area contributed by atoms with E-state index < -0.39 is 0 Å². The summed E-state index contributed by atoms with van der Waals surface area (Å²) in [5, 5.41) is 3.65. The van der Waals surface area contributed by atoms with Gasteiger partial charge in [0.15, 0.2) is 0 Å². The molecule has 1 unspecified atom stereocenters. The van der Waals surface area contributed by atoms with Gasteiger partial charge in [-0.3, -0.25) is 9.69 Å². The van der Waals surface area contributed by atoms with Crippen LogP contribution in [0.15, 0.2) is 12.3 Å². The molecule has 3 aliphatic rings. The molecular formula is C27H46N6O. The molecule has 3 aliphatic heterocycles. The van der Waals surface area contributed by atoms with Crippen LogP contribution in [-0.2, 0) is 4.79 Å². The van der Waals surface area contributed by atoms with Crippen LogP contribution in [0.5, 0.6) is 0 Å². The van der Waals surface area contributed by atoms with Crippen LogP contribution in [0.3, 0.4) is 0 Å². The molecular weight excluding hydrogens is 424 g/mol. The Morgan fingerprint density at radius 3 is 2.53 bits per heavy atom. The Morgan fingerprint density at radius 1 is 0.971 bits per heavy atom. The molecule has 0 aromatic carbocycles. The van der Waals surface area contributed by atoms with Gasteiger partial charge in [-0.25, -0.2) is 4.98 Å². The molecule has 0 spiro atoms. The van der Waals surface area contributed by atoms with Gasteiger partial charge in [-0.2, -0.15) is 4.98 Å². The van der Waals surface area contributed by atoms with Crippen LogP contribution < -0.4 is 10.2 Å². The first-order chi connectivity index (χ1) is 16.7. The van der Waals surface area contributed by atoms with Crippen molar-refractivity contribution in [2.24, 2.45) is 0 Å². The minimum absolute atomic E-state index is 0.370. The molecule has 1 N–H and O–H groups in total. The predicted octanol–water partition coefficient (Wildman–Crippen LogP) is 4.69. The van der Waals surface area contributed by atoms with E-state index in [0.717, 1.165) is 70.2 Å². The lowest BCUT2D eigenvalue weighted by atomic mass is 9.97. The number of nitrogens with zero attached hydrogens (tertiary/aromatic N) is 5. The summed E-state index contributed by atoms with van der Waals surface area (Å²) < 4.78 is 0. The third kappa shape index (κ3) is 7.30. The molecule has 4 heterocycles. The molecule has 190 valence electrons. The first-order valence-corrected chi connectivity index (χ1v) is 14.1. The fourth-order valence-electron chi connectivity index (χ4n) is 5.87. The van der Waals surface area contributed by atoms with E-state index >= 15 is 0 Å². The highest BCUT2D eigenvalue weighted by atomic mass is 16.2. The van der Waals surface area contributed by atoms with E-state index in [2.05, 4.69) is 38.0 Å². The zero-order valence-corrected chi connectivity index (χ0v) is 21.4. The van der Waals surface area contributed by atoms with Gasteiger partial charge in [-0.05, 0) is 57.6 Å². The SMILES string of the molecule is CCCCCCC(=O)N1CCC(N2CCCC(Nc3nccc(N4CCCCCC4)n3)C2)CC1. The second-order valence-electron chi connectivity index (χ2n) is 10.5. The van der Waals surface area contributed by atoms with Crippen molar-refractivity contribution >= 4 is 17.7 Å². The number of nitrogens with one attached hydrogen (secondary N) is 1. The van der Waals surface area contributed by atoms with Gasteiger partial charge in [0.25, 0.3) is 0 Å². The maximum atomic E-state index is 12.5. The van der Waals surface area contributed by atoms with Crippen LogP contribution in [0.25, 0.3) is 0 Å². The van der Waals surface area contributed by atoms with Gasteiger partial charge in [0.1, 0.15) is 5.82 Å². The molecule has 0 radical (unpaired) electrons. The number of unbranched alkanes of at least 4 members (excludes halogenated alkanes) is 3. The number of anilines is 2. The fourth-order valence-corrected chi connectivity index (χ4v) is 5.87. The summed E-state index contributed by atoms with van der Waals surface area (Å²) in [5.74, 6) is 2.21. The van der Waals surface area contributed by atoms with Crippen molar-refractivity contribution in [1.82, 2.24) is 19.8 Å². The topological polar surface area (TPSA) is 64.6 Å². The second kappa shape index (κ2) is 13.3. The summed E-state index contributed by atoms with van der Waals surface area (Å²) in [7, 11) is 0. The zero-order chi connectivity index (χ0) is 23.6. The van der Waals surface area contributed by atoms with Crippen molar-refractivity contribution in [2.45, 2.75) is 102 Å². The van der Waals surface area contributed by atoms with Gasteiger partial charge in [0, 0.05) is 57.4 Å². The molecule has 0 saturated carbocycles. The van der Waals surface area contributed by atoms with Gasteiger partial charge in [0.2, 0.25) is 11.9 Å². The van der Waals surface area contributed by atoms with E-state index in [1.54, 1.807) is 0 Å². The first kappa shape index (κ1) is 25.2. The summed E-state index contributed by atoms with van der Waals surface area (Å²) in [5.41, 5.74) is 0. The number of amides is 1. The summed E-state index contributed by atoms with van der Waals surface area (Å²) in [6, 6.07) is 3.05. The molecule has 3 fully saturated rings. The van der Waals surface area contributed by atoms with Gasteiger partial charge in [-0.15, -0.1) is 0 Å². The third-order valence-corrected chi connectivity index (χ3v) is 7.93. The summed E-state index contributed by atoms with van der Waals surface area (Å²) in [6.45, 7) is 8.49. The Balaban J connectivity index is 1.23. The van der Waals surface area contributed by atoms with E-state index in [4.69, 9.17) is 4.98 Å². The Morgan fingerprint density at radius 2 is 1.76 bits per heavy atom. The zero-order valence-electron chi connectivity index (χ0n) is 21.4. The summed E-state index contributed by atoms with van der Waals surface area (Å²) >= 11 is 0. The molecule has 1 amide bonds. The average Bonchev–Trinajstić information content (AvgIpc) is 3.17. The maximum Gasteiger partial charge on any atom is 0.224 e. The van der Waals surface area contributed by atoms with Gasteiger partial charge in [0.05, 0.1) is 0 Å². The van der Waals surface area contributed by atoms with Crippen molar-refractivity contribution in [3.8, 4) is 0 Å². The van der Waals surface area contributed by atoms with Crippen molar-refractivity contribution < 1.29 is 4.79 Å². The van der Waals surface area contributed by atoms with Crippen LogP contribution in [0.1, 0.15) is 90.4 Å². The Labute approximate surface area is 206 Å². The average molecular weight is 471 g/mol. The molecule has 7 heteroatoms. The molecule has 4 rings (SSSR count). The molecule has 1 aromatic rings. The normalized spacial score (nSPS) is 23.0. The van der Waals surface area contributed by atoms with Crippen molar-refractivity contribution in [2.75, 3.05) is 49.5 Å². The predicted molar refractivity (Wildman–Crippen MR) is 139 cm³/mol. The molecule has 0 aliphatic carbocycles. The number of likely N-dealkylation sites (tertiary alicyclic amines) is 2. The van der Waals surface area contributed by atoms with Crippen molar-refractivity contribution in [3.63, 3.8) is 0 Å². The summed E-state index contributed by atoms with van der Waals surface area (Å²) in [6.07, 6.45) is 17.1. The number of hydrogen-bond donors (Lipinski definition) is 1. The van der Waals surface area contributed by atoms with E-state index in [-0.39, 0.29) is 0 Å². The Hall–Kier alpha value is -1.89. The monoisotopic (exact) mass is 470 g/mol. The van der Waals surface area contributed by atoms with E-state index in [9.17, 15) is 4.79 Å². The Kier molecular flexibility index (Phi) is 9.84. The first-order valence-electron chi connectivity index (χ1n) is 14.1. The van der Waals surface area contributed by atoms with Crippen LogP contribution in [0.4, 0.5) is 11.8 Å². The molecule has 1 aromatic heterocycles. The van der Waals surface area contributed by atoms with E-state index in [1.165, 1.54) is 64.3 Å². The molecule has 34 heavy (non-hydrogen) atoms. The van der Waals surface area contributed by atoms with E-state index in [0.29, 0.717) is 18.0 Å². The molecule has 0 bridgehead atoms. The van der Waals surface area contributed by atoms with Gasteiger partial charge >= 0.3 is 0 Å². The largest absolute Gasteiger partial charge is 0.356 e. The number of hydrogen-bond acceptors (Lipinski definition) is 6. The van der Waals surface area contributed by atoms with Crippen LogP contribution >= 0.6 is 0 Å². The van der Waals surface area contributed by atoms with E-state index in [1.807, 2.05) is 6.20 Å². The second-order valence-corrected chi connectivity index (χ2v) is 10.5. The van der Waals surface area contributed by atoms with Crippen molar-refractivity contribution in [1.29, 1.82) is 0 Å².